The van der Waals surface area contributed by atoms with E-state index >= 15 is 0 Å². The van der Waals surface area contributed by atoms with Crippen LogP contribution in [0.1, 0.15) is 29.8 Å². The molecule has 0 aromatic heterocycles. The number of rotatable bonds is 2. The van der Waals surface area contributed by atoms with Crippen LogP contribution in [0.15, 0.2) is 18.2 Å². The number of hydrogen-bond acceptors (Lipinski definition) is 4. The Hall–Kier alpha value is -1.39. The fourth-order valence-corrected chi connectivity index (χ4v) is 1.78. The zero-order chi connectivity index (χ0) is 11.8. The molecular formula is C12H14O4. The molecule has 1 fully saturated rings. The maximum Gasteiger partial charge on any atom is 0.192 e. The zero-order valence-corrected chi connectivity index (χ0v) is 9.32. The van der Waals surface area contributed by atoms with E-state index in [9.17, 15) is 9.90 Å². The number of ether oxygens (including phenoxy) is 2. The minimum Gasteiger partial charge on any atom is -0.507 e. The van der Waals surface area contributed by atoms with Gasteiger partial charge in [-0.05, 0) is 32.0 Å². The number of Topliss-reactive ketones (excluding diaryl/α,β-unsaturated/α-hetero) is 1. The summed E-state index contributed by atoms with van der Waals surface area (Å²) in [6, 6.07) is 4.80. The largest absolute Gasteiger partial charge is 0.507 e. The van der Waals surface area contributed by atoms with Crippen LogP contribution in [0.3, 0.4) is 0 Å². The Morgan fingerprint density at radius 2 is 2.00 bits per heavy atom. The molecule has 4 nitrogen and oxygen atoms in total. The minimum absolute atomic E-state index is 0.0159. The van der Waals surface area contributed by atoms with Gasteiger partial charge in [0.1, 0.15) is 5.75 Å². The maximum absolute atomic E-state index is 11.3. The third kappa shape index (κ3) is 1.81. The number of benzene rings is 1. The maximum atomic E-state index is 11.3. The molecule has 0 atom stereocenters. The number of phenols is 1. The molecule has 0 radical (unpaired) electrons. The van der Waals surface area contributed by atoms with Crippen molar-refractivity contribution in [1.29, 1.82) is 0 Å². The van der Waals surface area contributed by atoms with Crippen molar-refractivity contribution in [3.05, 3.63) is 29.3 Å². The highest BCUT2D eigenvalue weighted by atomic mass is 16.7. The van der Waals surface area contributed by atoms with Gasteiger partial charge in [-0.3, -0.25) is 4.79 Å². The summed E-state index contributed by atoms with van der Waals surface area (Å²) in [5.74, 6) is -1.00. The molecule has 4 heteroatoms. The summed E-state index contributed by atoms with van der Waals surface area (Å²) in [6.45, 7) is 4.29. The zero-order valence-electron chi connectivity index (χ0n) is 9.32. The molecule has 86 valence electrons. The second kappa shape index (κ2) is 3.88. The standard InChI is InChI=1S/C12H14O4/c1-8(13)10-7-9(3-4-11(10)14)12(2)15-5-6-16-12/h3-4,7,14H,5-6H2,1-2H3. The van der Waals surface area contributed by atoms with Gasteiger partial charge >= 0.3 is 0 Å². The Kier molecular flexibility index (Phi) is 2.69. The molecule has 1 N–H and O–H groups in total. The summed E-state index contributed by atoms with van der Waals surface area (Å²) in [6.07, 6.45) is 0. The second-order valence-corrected chi connectivity index (χ2v) is 3.93. The Morgan fingerprint density at radius 3 is 2.56 bits per heavy atom. The van der Waals surface area contributed by atoms with E-state index < -0.39 is 5.79 Å². The fourth-order valence-electron chi connectivity index (χ4n) is 1.78. The third-order valence-electron chi connectivity index (χ3n) is 2.74. The smallest absolute Gasteiger partial charge is 0.192 e. The molecule has 2 rings (SSSR count). The number of ketones is 1. The van der Waals surface area contributed by atoms with Crippen LogP contribution in [0, 0.1) is 0 Å². The van der Waals surface area contributed by atoms with Crippen LogP contribution in [0.25, 0.3) is 0 Å². The van der Waals surface area contributed by atoms with Crippen LogP contribution < -0.4 is 0 Å². The van der Waals surface area contributed by atoms with Gasteiger partial charge in [0, 0.05) is 5.56 Å². The lowest BCUT2D eigenvalue weighted by molar-refractivity contribution is -0.149. The minimum atomic E-state index is -0.808. The number of carbonyl (C=O) groups is 1. The van der Waals surface area contributed by atoms with Gasteiger partial charge in [0.25, 0.3) is 0 Å². The van der Waals surface area contributed by atoms with E-state index in [1.165, 1.54) is 13.0 Å². The van der Waals surface area contributed by atoms with E-state index in [-0.39, 0.29) is 17.1 Å². The summed E-state index contributed by atoms with van der Waals surface area (Å²) >= 11 is 0. The van der Waals surface area contributed by atoms with Crippen molar-refractivity contribution in [3.63, 3.8) is 0 Å². The fraction of sp³-hybridized carbons (Fsp3) is 0.417. The Morgan fingerprint density at radius 1 is 1.38 bits per heavy atom. The van der Waals surface area contributed by atoms with Crippen molar-refractivity contribution in [3.8, 4) is 5.75 Å². The molecule has 1 aromatic carbocycles. The van der Waals surface area contributed by atoms with Crippen molar-refractivity contribution in [1.82, 2.24) is 0 Å². The van der Waals surface area contributed by atoms with Crippen LogP contribution >= 0.6 is 0 Å². The summed E-state index contributed by atoms with van der Waals surface area (Å²) in [4.78, 5) is 11.3. The van der Waals surface area contributed by atoms with Gasteiger partial charge in [0.05, 0.1) is 18.8 Å². The van der Waals surface area contributed by atoms with Crippen LogP contribution in [-0.2, 0) is 15.3 Å². The molecule has 0 bridgehead atoms. The molecule has 1 aliphatic rings. The van der Waals surface area contributed by atoms with E-state index in [0.29, 0.717) is 13.2 Å². The van der Waals surface area contributed by atoms with Crippen molar-refractivity contribution in [2.75, 3.05) is 13.2 Å². The predicted molar refractivity (Wildman–Crippen MR) is 57.4 cm³/mol. The number of aromatic hydroxyl groups is 1. The van der Waals surface area contributed by atoms with Crippen molar-refractivity contribution >= 4 is 5.78 Å². The average molecular weight is 222 g/mol. The highest BCUT2D eigenvalue weighted by Crippen LogP contribution is 2.33. The van der Waals surface area contributed by atoms with Crippen molar-refractivity contribution in [2.45, 2.75) is 19.6 Å². The highest BCUT2D eigenvalue weighted by Gasteiger charge is 2.33. The molecule has 0 saturated carbocycles. The van der Waals surface area contributed by atoms with Gasteiger partial charge in [-0.15, -0.1) is 0 Å². The lowest BCUT2D eigenvalue weighted by Gasteiger charge is -2.23. The lowest BCUT2D eigenvalue weighted by Crippen LogP contribution is -2.22. The second-order valence-electron chi connectivity index (χ2n) is 3.93. The topological polar surface area (TPSA) is 55.8 Å². The number of phenolic OH excluding ortho intramolecular Hbond substituents is 1. The number of hydrogen-bond donors (Lipinski definition) is 1. The summed E-state index contributed by atoms with van der Waals surface area (Å²) in [5.41, 5.74) is 1.03. The van der Waals surface area contributed by atoms with Crippen molar-refractivity contribution < 1.29 is 19.4 Å². The molecule has 1 saturated heterocycles. The molecular weight excluding hydrogens is 208 g/mol. The Bertz CT molecular complexity index is 419. The molecule has 16 heavy (non-hydrogen) atoms. The van der Waals surface area contributed by atoms with Crippen molar-refractivity contribution in [2.24, 2.45) is 0 Å². The lowest BCUT2D eigenvalue weighted by atomic mass is 10.0. The Labute approximate surface area is 93.8 Å². The van der Waals surface area contributed by atoms with Crippen LogP contribution in [0.5, 0.6) is 5.75 Å². The first-order valence-electron chi connectivity index (χ1n) is 5.15. The molecule has 1 aromatic rings. The van der Waals surface area contributed by atoms with E-state index in [1.54, 1.807) is 19.1 Å². The average Bonchev–Trinajstić information content (AvgIpc) is 2.66. The normalized spacial score (nSPS) is 18.6. The van der Waals surface area contributed by atoms with Crippen LogP contribution in [-0.4, -0.2) is 24.1 Å². The summed E-state index contributed by atoms with van der Waals surface area (Å²) in [7, 11) is 0. The third-order valence-corrected chi connectivity index (χ3v) is 2.74. The van der Waals surface area contributed by atoms with Crippen LogP contribution in [0.2, 0.25) is 0 Å². The van der Waals surface area contributed by atoms with E-state index in [2.05, 4.69) is 0 Å². The van der Waals surface area contributed by atoms with Gasteiger partial charge in [-0.1, -0.05) is 0 Å². The summed E-state index contributed by atoms with van der Waals surface area (Å²) in [5, 5.41) is 9.53. The predicted octanol–water partition coefficient (Wildman–Crippen LogP) is 1.81. The molecule has 1 heterocycles. The molecule has 0 unspecified atom stereocenters. The SMILES string of the molecule is CC(=O)c1cc(C2(C)OCCO2)ccc1O. The first-order valence-corrected chi connectivity index (χ1v) is 5.15. The Balaban J connectivity index is 2.43. The van der Waals surface area contributed by atoms with Gasteiger partial charge in [0.2, 0.25) is 0 Å². The van der Waals surface area contributed by atoms with E-state index in [4.69, 9.17) is 9.47 Å². The number of carbonyl (C=O) groups excluding carboxylic acids is 1. The summed E-state index contributed by atoms with van der Waals surface area (Å²) < 4.78 is 11.0. The molecule has 0 amide bonds. The molecule has 1 aliphatic heterocycles. The van der Waals surface area contributed by atoms with E-state index in [0.717, 1.165) is 5.56 Å². The highest BCUT2D eigenvalue weighted by molar-refractivity contribution is 5.96. The van der Waals surface area contributed by atoms with Crippen LogP contribution in [0.4, 0.5) is 0 Å². The molecule has 0 aliphatic carbocycles. The van der Waals surface area contributed by atoms with E-state index in [1.807, 2.05) is 0 Å². The quantitative estimate of drug-likeness (QED) is 0.775. The van der Waals surface area contributed by atoms with Gasteiger partial charge in [-0.25, -0.2) is 0 Å². The first kappa shape index (κ1) is 11.1. The van der Waals surface area contributed by atoms with Gasteiger partial charge in [0.15, 0.2) is 11.6 Å². The monoisotopic (exact) mass is 222 g/mol. The van der Waals surface area contributed by atoms with Gasteiger partial charge < -0.3 is 14.6 Å². The van der Waals surface area contributed by atoms with Gasteiger partial charge in [-0.2, -0.15) is 0 Å². The molecule has 0 spiro atoms. The first-order chi connectivity index (χ1) is 7.53.